The molecule has 2 heterocycles. The van der Waals surface area contributed by atoms with Crippen LogP contribution in [-0.4, -0.2) is 28.5 Å². The smallest absolute Gasteiger partial charge is 0.341 e. The van der Waals surface area contributed by atoms with Crippen LogP contribution in [0.4, 0.5) is 5.00 Å². The maximum atomic E-state index is 11.9. The van der Waals surface area contributed by atoms with Crippen molar-refractivity contribution in [2.24, 2.45) is 0 Å². The van der Waals surface area contributed by atoms with Gasteiger partial charge in [-0.25, -0.2) is 9.78 Å². The Morgan fingerprint density at radius 3 is 2.95 bits per heavy atom. The zero-order valence-electron chi connectivity index (χ0n) is 10.1. The predicted octanol–water partition coefficient (Wildman–Crippen LogP) is 1.97. The van der Waals surface area contributed by atoms with Crippen molar-refractivity contribution in [3.05, 3.63) is 41.3 Å². The van der Waals surface area contributed by atoms with E-state index in [9.17, 15) is 9.59 Å². The Morgan fingerprint density at radius 2 is 2.26 bits per heavy atom. The molecule has 0 spiro atoms. The number of thiophene rings is 1. The van der Waals surface area contributed by atoms with Gasteiger partial charge in [-0.2, -0.15) is 0 Å². The van der Waals surface area contributed by atoms with E-state index in [4.69, 9.17) is 4.74 Å². The van der Waals surface area contributed by atoms with Gasteiger partial charge in [0.05, 0.1) is 18.4 Å². The van der Waals surface area contributed by atoms with Crippen LogP contribution in [-0.2, 0) is 4.74 Å². The molecule has 19 heavy (non-hydrogen) atoms. The minimum atomic E-state index is -0.460. The maximum Gasteiger partial charge on any atom is 0.341 e. The highest BCUT2D eigenvalue weighted by molar-refractivity contribution is 7.14. The zero-order chi connectivity index (χ0) is 13.7. The number of nitrogens with zero attached hydrogens (tertiary/aromatic N) is 2. The number of carbonyl (C=O) groups is 2. The fourth-order valence-corrected chi connectivity index (χ4v) is 2.13. The van der Waals surface area contributed by atoms with E-state index in [1.807, 2.05) is 0 Å². The van der Waals surface area contributed by atoms with Crippen LogP contribution in [0.3, 0.4) is 0 Å². The largest absolute Gasteiger partial charge is 0.462 e. The van der Waals surface area contributed by atoms with Crippen molar-refractivity contribution < 1.29 is 14.3 Å². The molecule has 1 amide bonds. The third-order valence-electron chi connectivity index (χ3n) is 2.18. The first-order valence-corrected chi connectivity index (χ1v) is 6.42. The number of ether oxygens (including phenoxy) is 1. The van der Waals surface area contributed by atoms with Crippen molar-refractivity contribution in [1.82, 2.24) is 9.97 Å². The second-order valence-corrected chi connectivity index (χ2v) is 4.34. The van der Waals surface area contributed by atoms with Gasteiger partial charge in [-0.1, -0.05) is 0 Å². The van der Waals surface area contributed by atoms with Crippen LogP contribution >= 0.6 is 11.3 Å². The van der Waals surface area contributed by atoms with Crippen molar-refractivity contribution in [3.63, 3.8) is 0 Å². The highest BCUT2D eigenvalue weighted by atomic mass is 32.1. The molecule has 0 atom stereocenters. The summed E-state index contributed by atoms with van der Waals surface area (Å²) in [7, 11) is 0. The molecule has 0 saturated heterocycles. The topological polar surface area (TPSA) is 81.2 Å². The number of hydrogen-bond donors (Lipinski definition) is 1. The monoisotopic (exact) mass is 277 g/mol. The molecule has 0 aromatic carbocycles. The molecule has 0 unspecified atom stereocenters. The van der Waals surface area contributed by atoms with E-state index in [-0.39, 0.29) is 12.3 Å². The molecule has 2 aromatic rings. The summed E-state index contributed by atoms with van der Waals surface area (Å²) in [6.45, 7) is 2.01. The number of carbonyl (C=O) groups excluding carboxylic acids is 2. The summed E-state index contributed by atoms with van der Waals surface area (Å²) in [5.41, 5.74) is 0.523. The molecule has 1 N–H and O–H groups in total. The van der Waals surface area contributed by atoms with Gasteiger partial charge in [0.15, 0.2) is 0 Å². The molecule has 0 bridgehead atoms. The Hall–Kier alpha value is -2.28. The van der Waals surface area contributed by atoms with E-state index in [1.165, 1.54) is 29.9 Å². The van der Waals surface area contributed by atoms with Crippen molar-refractivity contribution in [1.29, 1.82) is 0 Å². The van der Waals surface area contributed by atoms with E-state index in [0.717, 1.165) is 0 Å². The van der Waals surface area contributed by atoms with Crippen molar-refractivity contribution in [3.8, 4) is 0 Å². The van der Waals surface area contributed by atoms with E-state index < -0.39 is 11.9 Å². The molecular formula is C12H11N3O3S. The third-order valence-corrected chi connectivity index (χ3v) is 3.01. The van der Waals surface area contributed by atoms with Crippen LogP contribution in [0.15, 0.2) is 30.0 Å². The lowest BCUT2D eigenvalue weighted by Crippen LogP contribution is -2.15. The van der Waals surface area contributed by atoms with Gasteiger partial charge >= 0.3 is 5.97 Å². The summed E-state index contributed by atoms with van der Waals surface area (Å²) < 4.78 is 4.90. The average molecular weight is 277 g/mol. The number of esters is 1. The normalized spacial score (nSPS) is 9.95. The van der Waals surface area contributed by atoms with Crippen LogP contribution in [0.25, 0.3) is 0 Å². The lowest BCUT2D eigenvalue weighted by Gasteiger charge is -2.05. The van der Waals surface area contributed by atoms with Crippen LogP contribution in [0.2, 0.25) is 0 Å². The molecule has 0 aliphatic carbocycles. The number of aromatic nitrogens is 2. The minimum absolute atomic E-state index is 0.186. The maximum absolute atomic E-state index is 11.9. The summed E-state index contributed by atoms with van der Waals surface area (Å²) in [4.78, 5) is 31.2. The second-order valence-electron chi connectivity index (χ2n) is 3.43. The van der Waals surface area contributed by atoms with Gasteiger partial charge < -0.3 is 10.1 Å². The highest BCUT2D eigenvalue weighted by Crippen LogP contribution is 2.24. The van der Waals surface area contributed by atoms with Gasteiger partial charge in [-0.15, -0.1) is 11.3 Å². The van der Waals surface area contributed by atoms with Gasteiger partial charge in [0.25, 0.3) is 5.91 Å². The molecule has 6 nitrogen and oxygen atoms in total. The van der Waals surface area contributed by atoms with Gasteiger partial charge in [-0.3, -0.25) is 9.78 Å². The number of rotatable bonds is 4. The molecule has 2 aromatic heterocycles. The third kappa shape index (κ3) is 3.14. The van der Waals surface area contributed by atoms with Gasteiger partial charge in [-0.05, 0) is 18.4 Å². The molecule has 0 saturated carbocycles. The molecule has 0 radical (unpaired) electrons. The van der Waals surface area contributed by atoms with Crippen LogP contribution < -0.4 is 5.32 Å². The Labute approximate surface area is 113 Å². The molecular weight excluding hydrogens is 266 g/mol. The van der Waals surface area contributed by atoms with Crippen LogP contribution in [0, 0.1) is 0 Å². The molecule has 0 aliphatic rings. The minimum Gasteiger partial charge on any atom is -0.462 e. The summed E-state index contributed by atoms with van der Waals surface area (Å²) >= 11 is 1.25. The predicted molar refractivity (Wildman–Crippen MR) is 70.3 cm³/mol. The zero-order valence-corrected chi connectivity index (χ0v) is 10.9. The number of hydrogen-bond acceptors (Lipinski definition) is 6. The quantitative estimate of drug-likeness (QED) is 0.864. The lowest BCUT2D eigenvalue weighted by molar-refractivity contribution is 0.0528. The summed E-state index contributed by atoms with van der Waals surface area (Å²) in [6.07, 6.45) is 4.26. The Bertz CT molecular complexity index is 583. The van der Waals surface area contributed by atoms with Crippen molar-refractivity contribution in [2.45, 2.75) is 6.92 Å². The van der Waals surface area contributed by atoms with E-state index >= 15 is 0 Å². The summed E-state index contributed by atoms with van der Waals surface area (Å²) in [5, 5.41) is 4.77. The summed E-state index contributed by atoms with van der Waals surface area (Å²) in [6, 6.07) is 1.61. The first-order chi connectivity index (χ1) is 9.22. The van der Waals surface area contributed by atoms with E-state index in [1.54, 1.807) is 18.4 Å². The first-order valence-electron chi connectivity index (χ1n) is 5.54. The SMILES string of the molecule is CCOC(=O)c1ccsc1NC(=O)c1cnccn1. The van der Waals surface area contributed by atoms with Gasteiger partial charge in [0.1, 0.15) is 10.7 Å². The second kappa shape index (κ2) is 6.05. The van der Waals surface area contributed by atoms with Crippen molar-refractivity contribution >= 4 is 28.2 Å². The Morgan fingerprint density at radius 1 is 1.42 bits per heavy atom. The number of amides is 1. The van der Waals surface area contributed by atoms with E-state index in [0.29, 0.717) is 10.6 Å². The first kappa shape index (κ1) is 13.2. The highest BCUT2D eigenvalue weighted by Gasteiger charge is 2.17. The van der Waals surface area contributed by atoms with Crippen LogP contribution in [0.5, 0.6) is 0 Å². The van der Waals surface area contributed by atoms with Crippen LogP contribution in [0.1, 0.15) is 27.8 Å². The summed E-state index contributed by atoms with van der Waals surface area (Å²) in [5.74, 6) is -0.876. The van der Waals surface area contributed by atoms with Gasteiger partial charge in [0, 0.05) is 12.4 Å². The molecule has 0 aliphatic heterocycles. The van der Waals surface area contributed by atoms with Gasteiger partial charge in [0.2, 0.25) is 0 Å². The number of anilines is 1. The molecule has 98 valence electrons. The standard InChI is InChI=1S/C12H11N3O3S/c1-2-18-12(17)8-3-6-19-11(8)15-10(16)9-7-13-4-5-14-9/h3-7H,2H2,1H3,(H,15,16). The van der Waals surface area contributed by atoms with E-state index in [2.05, 4.69) is 15.3 Å². The average Bonchev–Trinajstić information content (AvgIpc) is 2.88. The number of nitrogens with one attached hydrogen (secondary N) is 1. The fraction of sp³-hybridized carbons (Fsp3) is 0.167. The fourth-order valence-electron chi connectivity index (χ4n) is 1.36. The Kier molecular flexibility index (Phi) is 4.19. The molecule has 2 rings (SSSR count). The van der Waals surface area contributed by atoms with Crippen molar-refractivity contribution in [2.75, 3.05) is 11.9 Å². The Balaban J connectivity index is 2.14. The molecule has 0 fully saturated rings. The molecule has 7 heteroatoms. The lowest BCUT2D eigenvalue weighted by atomic mass is 10.3.